The summed E-state index contributed by atoms with van der Waals surface area (Å²) in [5, 5.41) is 34.5. The molecule has 1 aliphatic heterocycles. The van der Waals surface area contributed by atoms with Crippen LogP contribution < -0.4 is 73.9 Å². The Balaban J connectivity index is 0.000000174. The quantitative estimate of drug-likeness (QED) is 0.0675. The van der Waals surface area contributed by atoms with Crippen molar-refractivity contribution in [1.29, 1.82) is 0 Å². The first-order valence-electron chi connectivity index (χ1n) is 25.5. The fourth-order valence-corrected chi connectivity index (χ4v) is 9.54. The predicted octanol–water partition coefficient (Wildman–Crippen LogP) is 11.4. The van der Waals surface area contributed by atoms with Gasteiger partial charge in [-0.2, -0.15) is 34.5 Å². The molecule has 0 bridgehead atoms. The number of benzene rings is 6. The number of hydrogen-bond acceptors (Lipinski definition) is 21. The van der Waals surface area contributed by atoms with Crippen LogP contribution in [-0.4, -0.2) is 103 Å². The zero-order valence-corrected chi connectivity index (χ0v) is 55.6. The molecule has 0 radical (unpaired) electrons. The third-order valence-electron chi connectivity index (χ3n) is 12.4. The zero-order chi connectivity index (χ0) is 60.1. The van der Waals surface area contributed by atoms with Gasteiger partial charge in [0.05, 0.1) is 79.3 Å². The Morgan fingerprint density at radius 3 is 1.50 bits per heavy atom. The Morgan fingerprint density at radius 2 is 0.977 bits per heavy atom. The van der Waals surface area contributed by atoms with Crippen molar-refractivity contribution in [3.05, 3.63) is 169 Å². The minimum Gasteiger partial charge on any atom is -1.00 e. The Labute approximate surface area is 547 Å². The molecule has 23 nitrogen and oxygen atoms in total. The number of nitrogens with zero attached hydrogens (tertiary/aromatic N) is 14. The smallest absolute Gasteiger partial charge is 1.00 e. The summed E-state index contributed by atoms with van der Waals surface area (Å²) >= 11 is 16.2. The van der Waals surface area contributed by atoms with Gasteiger partial charge in [-0.25, -0.2) is 15.0 Å². The van der Waals surface area contributed by atoms with Crippen LogP contribution in [0.2, 0.25) is 5.15 Å². The molecule has 0 fully saturated rings. The average Bonchev–Trinajstić information content (AvgIpc) is 2.38. The van der Waals surface area contributed by atoms with Crippen LogP contribution in [0.4, 0.5) is 40.5 Å². The van der Waals surface area contributed by atoms with Crippen molar-refractivity contribution in [3.8, 4) is 46.3 Å². The fraction of sp³-hybridized carbons (Fsp3) is 0.172. The van der Waals surface area contributed by atoms with Crippen molar-refractivity contribution in [1.82, 2.24) is 59.9 Å². The summed E-state index contributed by atoms with van der Waals surface area (Å²) < 4.78 is 37.6. The molecule has 12 rings (SSSR count). The van der Waals surface area contributed by atoms with Gasteiger partial charge in [-0.1, -0.05) is 64.5 Å². The summed E-state index contributed by atoms with van der Waals surface area (Å²) in [6, 6.07) is 34.7. The molecule has 6 aromatic carbocycles. The molecule has 0 atom stereocenters. The Kier molecular flexibility index (Phi) is 22.1. The van der Waals surface area contributed by atoms with Crippen molar-refractivity contribution in [2.24, 2.45) is 10.2 Å². The molecule has 3 N–H and O–H groups in total. The van der Waals surface area contributed by atoms with Gasteiger partial charge >= 0.3 is 29.6 Å². The molecule has 436 valence electrons. The first-order chi connectivity index (χ1) is 41.2. The number of aryl methyl sites for hydroxylation is 3. The van der Waals surface area contributed by atoms with Gasteiger partial charge in [-0.05, 0) is 134 Å². The van der Waals surface area contributed by atoms with Gasteiger partial charge < -0.3 is 45.8 Å². The molecule has 0 aliphatic carbocycles. The number of azo groups is 1. The maximum atomic E-state index is 5.93. The van der Waals surface area contributed by atoms with Gasteiger partial charge in [0.25, 0.3) is 5.95 Å². The number of para-hydroxylation sites is 2. The molecule has 86 heavy (non-hydrogen) atoms. The van der Waals surface area contributed by atoms with E-state index >= 15 is 0 Å². The zero-order valence-electron chi connectivity index (χ0n) is 49.1. The van der Waals surface area contributed by atoms with E-state index in [1.807, 2.05) is 124 Å². The topological polar surface area (TPSA) is 255 Å². The summed E-state index contributed by atoms with van der Waals surface area (Å²) in [6.45, 7) is 6.59. The van der Waals surface area contributed by atoms with Crippen LogP contribution in [-0.2, 0) is 6.54 Å². The van der Waals surface area contributed by atoms with Crippen molar-refractivity contribution < 1.29 is 59.4 Å². The van der Waals surface area contributed by atoms with Crippen LogP contribution in [0.15, 0.2) is 151 Å². The monoisotopic (exact) mass is 1380 g/mol. The minimum absolute atomic E-state index is 0. The number of methoxy groups -OCH3 is 6. The SMILES string of the molecule is COc1cc(Nc2nc(-n3nnc4ccccc43)ncc2Br)cc(C)c1OC.COc1cc(Nc2ncc(Br)c(-n3nnc4ccccc43)n2)cc(C)c1OC.COc1cc(Nc2ncc(Br)c(Cl)n2)cc(C)c1OC.[H-].[Na+].c1ccc2c(c1)CN=N2. The molecule has 1 aliphatic rings. The standard InChI is InChI=1S/2C19H17BrN6O2.C13H13BrClN3O2.C7H6N2.Na.H/c1-11-8-12(9-16(27-2)17(11)28-3)22-19-21-10-13(20)18(23-19)26-15-7-5-4-6-14(15)24-25-26;1-11-8-12(9-16(27-2)17(11)28-3)22-18-13(20)10-21-19(23-18)26-15-7-5-4-6-14(15)24-25-26;1-7-4-8(5-10(19-2)11(7)20-3)17-13-16-6-9(14)12(15)18-13;1-2-4-7-6(3-1)5-8-9-7;;/h2*4-10H,1-3H3,(H,21,22,23);4-6H,1-3H3,(H,16,17,18);1-4H,5H2;;/q;;;;+1;-1. The van der Waals surface area contributed by atoms with E-state index in [-0.39, 0.29) is 31.0 Å². The van der Waals surface area contributed by atoms with Crippen LogP contribution in [0, 0.1) is 20.8 Å². The molecular formula is C58H54Br3ClN17NaO6. The van der Waals surface area contributed by atoms with E-state index in [1.54, 1.807) is 70.6 Å². The van der Waals surface area contributed by atoms with Crippen LogP contribution in [0.25, 0.3) is 33.8 Å². The number of fused-ring (bicyclic) bond motifs is 3. The van der Waals surface area contributed by atoms with Crippen molar-refractivity contribution >= 4 is 122 Å². The van der Waals surface area contributed by atoms with E-state index in [1.165, 1.54) is 5.56 Å². The summed E-state index contributed by atoms with van der Waals surface area (Å²) in [6.07, 6.45) is 4.94. The molecule has 0 saturated carbocycles. The van der Waals surface area contributed by atoms with E-state index in [9.17, 15) is 0 Å². The van der Waals surface area contributed by atoms with Crippen LogP contribution in [0.1, 0.15) is 23.7 Å². The van der Waals surface area contributed by atoms with E-state index in [0.29, 0.717) is 82.5 Å². The van der Waals surface area contributed by atoms with E-state index in [2.05, 4.69) is 131 Å². The van der Waals surface area contributed by atoms with E-state index in [4.69, 9.17) is 40.0 Å². The van der Waals surface area contributed by atoms with Crippen molar-refractivity contribution in [2.45, 2.75) is 27.3 Å². The van der Waals surface area contributed by atoms with E-state index in [0.717, 1.165) is 68.1 Å². The Bertz CT molecular complexity index is 4230. The summed E-state index contributed by atoms with van der Waals surface area (Å²) in [7, 11) is 9.64. The normalized spacial score (nSPS) is 10.9. The van der Waals surface area contributed by atoms with Gasteiger partial charge in [0, 0.05) is 59.4 Å². The summed E-state index contributed by atoms with van der Waals surface area (Å²) in [5.74, 6) is 6.42. The molecule has 28 heteroatoms. The second-order valence-electron chi connectivity index (χ2n) is 18.0. The van der Waals surface area contributed by atoms with Crippen molar-refractivity contribution in [3.63, 3.8) is 0 Å². The molecule has 0 saturated heterocycles. The third-order valence-corrected chi connectivity index (χ3v) is 14.7. The minimum atomic E-state index is 0. The van der Waals surface area contributed by atoms with Crippen molar-refractivity contribution in [2.75, 3.05) is 58.6 Å². The number of anilines is 6. The molecule has 0 unspecified atom stereocenters. The number of halogens is 4. The van der Waals surface area contributed by atoms with Crippen LogP contribution in [0.5, 0.6) is 34.5 Å². The van der Waals surface area contributed by atoms with Gasteiger partial charge in [-0.15, -0.1) is 10.2 Å². The van der Waals surface area contributed by atoms with Gasteiger partial charge in [-0.3, -0.25) is 0 Å². The molecule has 0 amide bonds. The number of ether oxygens (including phenoxy) is 6. The Morgan fingerprint density at radius 1 is 0.512 bits per heavy atom. The van der Waals surface area contributed by atoms with E-state index < -0.39 is 0 Å². The van der Waals surface area contributed by atoms with Crippen LogP contribution >= 0.6 is 59.4 Å². The molecule has 0 spiro atoms. The number of rotatable bonds is 14. The molecule has 6 heterocycles. The van der Waals surface area contributed by atoms with Crippen LogP contribution in [0.3, 0.4) is 0 Å². The number of nitrogens with one attached hydrogen (secondary N) is 3. The van der Waals surface area contributed by atoms with Gasteiger partial charge in [0.2, 0.25) is 11.9 Å². The maximum absolute atomic E-state index is 5.93. The predicted molar refractivity (Wildman–Crippen MR) is 338 cm³/mol. The third kappa shape index (κ3) is 15.1. The van der Waals surface area contributed by atoms with Gasteiger partial charge in [0.1, 0.15) is 22.0 Å². The number of aromatic nitrogens is 12. The first kappa shape index (κ1) is 63.9. The second kappa shape index (κ2) is 29.8. The fourth-order valence-electron chi connectivity index (χ4n) is 8.57. The summed E-state index contributed by atoms with van der Waals surface area (Å²) in [4.78, 5) is 26.2. The average molecular weight is 1380 g/mol. The second-order valence-corrected chi connectivity index (χ2v) is 21.0. The maximum Gasteiger partial charge on any atom is 1.00 e. The molecule has 5 aromatic heterocycles. The molecule has 11 aromatic rings. The number of hydrogen-bond donors (Lipinski definition) is 3. The molecular weight excluding hydrogens is 1330 g/mol. The summed E-state index contributed by atoms with van der Waals surface area (Å²) in [5.41, 5.74) is 10.7. The Hall–Kier alpha value is -8.11. The first-order valence-corrected chi connectivity index (χ1v) is 28.3. The largest absolute Gasteiger partial charge is 1.00 e. The van der Waals surface area contributed by atoms with Gasteiger partial charge in [0.15, 0.2) is 40.3 Å².